The third-order valence-electron chi connectivity index (χ3n) is 4.03. The van der Waals surface area contributed by atoms with Crippen LogP contribution < -0.4 is 4.74 Å². The molecule has 0 aliphatic carbocycles. The summed E-state index contributed by atoms with van der Waals surface area (Å²) in [6.45, 7) is 7.69. The van der Waals surface area contributed by atoms with Gasteiger partial charge in [-0.2, -0.15) is 0 Å². The lowest BCUT2D eigenvalue weighted by Gasteiger charge is -2.13. The fourth-order valence-corrected chi connectivity index (χ4v) is 3.34. The zero-order valence-corrected chi connectivity index (χ0v) is 16.6. The van der Waals surface area contributed by atoms with Crippen LogP contribution in [0.25, 0.3) is 0 Å². The van der Waals surface area contributed by atoms with Crippen LogP contribution in [-0.2, 0) is 4.74 Å². The minimum absolute atomic E-state index is 0.215. The van der Waals surface area contributed by atoms with Crippen molar-refractivity contribution >= 4 is 27.7 Å². The van der Waals surface area contributed by atoms with Crippen molar-refractivity contribution in [3.63, 3.8) is 0 Å². The number of nitrogens with zero attached hydrogens (tertiary/aromatic N) is 1. The van der Waals surface area contributed by atoms with Crippen LogP contribution in [0.3, 0.4) is 0 Å². The fraction of sp³-hybridized carbons (Fsp3) is 0.368. The normalized spacial score (nSPS) is 10.8. The molecule has 2 rings (SSSR count). The Morgan fingerprint density at radius 3 is 2.40 bits per heavy atom. The van der Waals surface area contributed by atoms with Crippen LogP contribution in [0.5, 0.6) is 5.75 Å². The van der Waals surface area contributed by atoms with E-state index < -0.39 is 5.97 Å². The number of halogens is 1. The minimum Gasteiger partial charge on any atom is -0.497 e. The predicted molar refractivity (Wildman–Crippen MR) is 99.6 cm³/mol. The summed E-state index contributed by atoms with van der Waals surface area (Å²) in [5.41, 5.74) is 2.80. The quantitative estimate of drug-likeness (QED) is 0.522. The van der Waals surface area contributed by atoms with Gasteiger partial charge in [0.25, 0.3) is 0 Å². The fourth-order valence-electron chi connectivity index (χ4n) is 2.93. The molecule has 0 spiro atoms. The number of carbonyl (C=O) groups is 2. The first kappa shape index (κ1) is 19.2. The summed E-state index contributed by atoms with van der Waals surface area (Å²) in [7, 11) is 1.52. The molecule has 0 unspecified atom stereocenters. The highest BCUT2D eigenvalue weighted by atomic mass is 79.9. The first-order valence-electron chi connectivity index (χ1n) is 7.98. The lowest BCUT2D eigenvalue weighted by molar-refractivity contribution is 0.0473. The van der Waals surface area contributed by atoms with Crippen LogP contribution in [0, 0.1) is 13.8 Å². The second kappa shape index (κ2) is 7.87. The Morgan fingerprint density at radius 1 is 1.16 bits per heavy atom. The molecule has 5 nitrogen and oxygen atoms in total. The van der Waals surface area contributed by atoms with E-state index >= 15 is 0 Å². The molecule has 6 heteroatoms. The number of ether oxygens (including phenoxy) is 2. The highest BCUT2D eigenvalue weighted by Gasteiger charge is 2.20. The molecule has 0 bridgehead atoms. The van der Waals surface area contributed by atoms with Gasteiger partial charge in [-0.05, 0) is 67.9 Å². The van der Waals surface area contributed by atoms with Gasteiger partial charge in [0.1, 0.15) is 5.75 Å². The number of hydrogen-bond acceptors (Lipinski definition) is 4. The van der Waals surface area contributed by atoms with Gasteiger partial charge in [0, 0.05) is 27.5 Å². The van der Waals surface area contributed by atoms with Crippen molar-refractivity contribution in [2.45, 2.75) is 33.7 Å². The number of aromatic nitrogens is 1. The van der Waals surface area contributed by atoms with E-state index in [9.17, 15) is 9.59 Å². The maximum absolute atomic E-state index is 12.5. The molecule has 1 aromatic carbocycles. The van der Waals surface area contributed by atoms with Gasteiger partial charge in [0.05, 0.1) is 12.7 Å². The van der Waals surface area contributed by atoms with E-state index in [1.54, 1.807) is 18.2 Å². The number of methoxy groups -OCH3 is 1. The standard InChI is InChI=1S/C19H22BrNO4/c1-11(2)21-12(3)8-15(13(21)4)18(22)10-25-19(23)16-9-14(24-5)6-7-17(16)20/h6-9,11H,10H2,1-5H3. The highest BCUT2D eigenvalue weighted by molar-refractivity contribution is 9.10. The Bertz CT molecular complexity index is 808. The molecule has 0 atom stereocenters. The molecule has 0 saturated carbocycles. The maximum atomic E-state index is 12.5. The molecule has 1 heterocycles. The van der Waals surface area contributed by atoms with Crippen molar-refractivity contribution in [1.29, 1.82) is 0 Å². The minimum atomic E-state index is -0.572. The first-order valence-corrected chi connectivity index (χ1v) is 8.77. The second-order valence-electron chi connectivity index (χ2n) is 6.09. The van der Waals surface area contributed by atoms with Crippen molar-refractivity contribution in [3.8, 4) is 5.75 Å². The number of carbonyl (C=O) groups excluding carboxylic acids is 2. The highest BCUT2D eigenvalue weighted by Crippen LogP contribution is 2.24. The number of aryl methyl sites for hydroxylation is 1. The van der Waals surface area contributed by atoms with E-state index in [-0.39, 0.29) is 18.4 Å². The number of esters is 1. The monoisotopic (exact) mass is 407 g/mol. The Kier molecular flexibility index (Phi) is 6.06. The van der Waals surface area contributed by atoms with E-state index in [2.05, 4.69) is 34.3 Å². The maximum Gasteiger partial charge on any atom is 0.339 e. The SMILES string of the molecule is COc1ccc(Br)c(C(=O)OCC(=O)c2cc(C)n(C(C)C)c2C)c1. The summed E-state index contributed by atoms with van der Waals surface area (Å²) >= 11 is 3.31. The Balaban J connectivity index is 2.13. The molecule has 134 valence electrons. The summed E-state index contributed by atoms with van der Waals surface area (Å²) in [6.07, 6.45) is 0. The van der Waals surface area contributed by atoms with Gasteiger partial charge in [-0.1, -0.05) is 0 Å². The Hall–Kier alpha value is -2.08. The van der Waals surface area contributed by atoms with Gasteiger partial charge in [0.2, 0.25) is 5.78 Å². The van der Waals surface area contributed by atoms with Crippen molar-refractivity contribution in [3.05, 3.63) is 51.3 Å². The lowest BCUT2D eigenvalue weighted by atomic mass is 10.1. The topological polar surface area (TPSA) is 57.5 Å². The largest absolute Gasteiger partial charge is 0.497 e. The van der Waals surface area contributed by atoms with Gasteiger partial charge in [0.15, 0.2) is 6.61 Å². The molecule has 0 amide bonds. The van der Waals surface area contributed by atoms with E-state index in [1.807, 2.05) is 19.9 Å². The van der Waals surface area contributed by atoms with Crippen LogP contribution in [0.2, 0.25) is 0 Å². The van der Waals surface area contributed by atoms with Gasteiger partial charge in [-0.15, -0.1) is 0 Å². The number of ketones is 1. The van der Waals surface area contributed by atoms with Crippen molar-refractivity contribution in [1.82, 2.24) is 4.57 Å². The van der Waals surface area contributed by atoms with Crippen LogP contribution >= 0.6 is 15.9 Å². The van der Waals surface area contributed by atoms with Crippen LogP contribution in [0.15, 0.2) is 28.7 Å². The van der Waals surface area contributed by atoms with E-state index in [0.29, 0.717) is 21.3 Å². The second-order valence-corrected chi connectivity index (χ2v) is 6.95. The van der Waals surface area contributed by atoms with Gasteiger partial charge < -0.3 is 14.0 Å². The summed E-state index contributed by atoms with van der Waals surface area (Å²) in [6, 6.07) is 7.10. The molecule has 2 aromatic rings. The smallest absolute Gasteiger partial charge is 0.339 e. The summed E-state index contributed by atoms with van der Waals surface area (Å²) in [5.74, 6) is -0.244. The van der Waals surface area contributed by atoms with Crippen molar-refractivity contribution in [2.24, 2.45) is 0 Å². The summed E-state index contributed by atoms with van der Waals surface area (Å²) in [5, 5.41) is 0. The molecular weight excluding hydrogens is 386 g/mol. The van der Waals surface area contributed by atoms with E-state index in [0.717, 1.165) is 11.4 Å². The van der Waals surface area contributed by atoms with Crippen molar-refractivity contribution in [2.75, 3.05) is 13.7 Å². The third-order valence-corrected chi connectivity index (χ3v) is 4.72. The molecule has 25 heavy (non-hydrogen) atoms. The summed E-state index contributed by atoms with van der Waals surface area (Å²) < 4.78 is 13.0. The van der Waals surface area contributed by atoms with Crippen LogP contribution in [0.4, 0.5) is 0 Å². The molecule has 0 aliphatic heterocycles. The van der Waals surface area contributed by atoms with Gasteiger partial charge in [-0.25, -0.2) is 4.79 Å². The lowest BCUT2D eigenvalue weighted by Crippen LogP contribution is -2.15. The van der Waals surface area contributed by atoms with Crippen molar-refractivity contribution < 1.29 is 19.1 Å². The van der Waals surface area contributed by atoms with Gasteiger partial charge >= 0.3 is 5.97 Å². The Labute approximate surface area is 156 Å². The Morgan fingerprint density at radius 2 is 1.84 bits per heavy atom. The van der Waals surface area contributed by atoms with E-state index in [1.165, 1.54) is 7.11 Å². The third kappa shape index (κ3) is 4.12. The zero-order chi connectivity index (χ0) is 18.7. The average molecular weight is 408 g/mol. The zero-order valence-electron chi connectivity index (χ0n) is 15.1. The molecule has 0 aliphatic rings. The van der Waals surface area contributed by atoms with Crippen LogP contribution in [-0.4, -0.2) is 30.0 Å². The molecule has 0 N–H and O–H groups in total. The molecule has 0 saturated heterocycles. The number of rotatable bonds is 6. The average Bonchev–Trinajstić information content (AvgIpc) is 2.87. The molecular formula is C19H22BrNO4. The van der Waals surface area contributed by atoms with Crippen LogP contribution in [0.1, 0.15) is 52.0 Å². The molecule has 0 radical (unpaired) electrons. The number of Topliss-reactive ketones (excluding diaryl/α,β-unsaturated/α-hetero) is 1. The van der Waals surface area contributed by atoms with E-state index in [4.69, 9.17) is 9.47 Å². The number of benzene rings is 1. The number of hydrogen-bond donors (Lipinski definition) is 0. The predicted octanol–water partition coefficient (Wildman–Crippen LogP) is 4.50. The molecule has 1 aromatic heterocycles. The van der Waals surface area contributed by atoms with Gasteiger partial charge in [-0.3, -0.25) is 4.79 Å². The first-order chi connectivity index (χ1) is 11.8. The summed E-state index contributed by atoms with van der Waals surface area (Å²) in [4.78, 5) is 24.7. The molecule has 0 fully saturated rings.